The minimum Gasteiger partial charge on any atom is -0.486 e. The lowest BCUT2D eigenvalue weighted by Gasteiger charge is -2.19. The number of hydrogen-bond donors (Lipinski definition) is 1. The van der Waals surface area contributed by atoms with E-state index in [-0.39, 0.29) is 16.9 Å². The lowest BCUT2D eigenvalue weighted by molar-refractivity contribution is 0.171. The van der Waals surface area contributed by atoms with Crippen LogP contribution in [0.25, 0.3) is 11.1 Å². The predicted octanol–water partition coefficient (Wildman–Crippen LogP) is 1.85. The van der Waals surface area contributed by atoms with Crippen molar-refractivity contribution in [2.45, 2.75) is 0 Å². The molecule has 0 amide bonds. The molecular formula is C15H10N4O2. The molecule has 2 aromatic rings. The zero-order valence-electron chi connectivity index (χ0n) is 11.0. The maximum absolute atomic E-state index is 9.28. The Labute approximate surface area is 121 Å². The summed E-state index contributed by atoms with van der Waals surface area (Å²) in [6.07, 6.45) is 1.36. The molecule has 0 spiro atoms. The first kappa shape index (κ1) is 12.8. The molecular weight excluding hydrogens is 268 g/mol. The molecule has 0 saturated heterocycles. The number of nitrogens with two attached hydrogens (primary N) is 1. The van der Waals surface area contributed by atoms with Crippen LogP contribution in [0.4, 0.5) is 5.82 Å². The summed E-state index contributed by atoms with van der Waals surface area (Å²) in [5, 5.41) is 18.5. The van der Waals surface area contributed by atoms with Crippen LogP contribution in [0.15, 0.2) is 24.4 Å². The van der Waals surface area contributed by atoms with E-state index in [1.165, 1.54) is 6.20 Å². The van der Waals surface area contributed by atoms with E-state index in [9.17, 15) is 10.5 Å². The maximum atomic E-state index is 9.28. The Morgan fingerprint density at radius 1 is 1.10 bits per heavy atom. The summed E-state index contributed by atoms with van der Waals surface area (Å²) in [6.45, 7) is 0.965. The number of ether oxygens (including phenoxy) is 2. The van der Waals surface area contributed by atoms with Crippen LogP contribution in [0.2, 0.25) is 0 Å². The molecule has 1 aromatic heterocycles. The van der Waals surface area contributed by atoms with Gasteiger partial charge in [0.15, 0.2) is 11.5 Å². The maximum Gasteiger partial charge on any atom is 0.161 e. The largest absolute Gasteiger partial charge is 0.486 e. The Balaban J connectivity index is 2.23. The number of nitrogen functional groups attached to an aromatic ring is 1. The fourth-order valence-corrected chi connectivity index (χ4v) is 2.22. The minimum absolute atomic E-state index is 0.0985. The number of hydrogen-bond acceptors (Lipinski definition) is 6. The van der Waals surface area contributed by atoms with Gasteiger partial charge in [0, 0.05) is 11.8 Å². The molecule has 0 radical (unpaired) electrons. The van der Waals surface area contributed by atoms with Crippen molar-refractivity contribution >= 4 is 5.82 Å². The molecule has 1 aromatic carbocycles. The Hall–Kier alpha value is -3.25. The van der Waals surface area contributed by atoms with Crippen molar-refractivity contribution in [2.75, 3.05) is 18.9 Å². The third-order valence-corrected chi connectivity index (χ3v) is 3.17. The van der Waals surface area contributed by atoms with Crippen molar-refractivity contribution in [3.8, 4) is 34.8 Å². The Kier molecular flexibility index (Phi) is 3.06. The molecule has 1 aliphatic rings. The Bertz CT molecular complexity index is 803. The van der Waals surface area contributed by atoms with Crippen molar-refractivity contribution in [3.05, 3.63) is 35.5 Å². The second kappa shape index (κ2) is 5.03. The van der Waals surface area contributed by atoms with Gasteiger partial charge < -0.3 is 15.2 Å². The van der Waals surface area contributed by atoms with E-state index in [2.05, 4.69) is 4.98 Å². The highest BCUT2D eigenvalue weighted by Gasteiger charge is 2.18. The van der Waals surface area contributed by atoms with Crippen molar-refractivity contribution in [1.29, 1.82) is 10.5 Å². The first-order valence-corrected chi connectivity index (χ1v) is 6.23. The molecule has 0 unspecified atom stereocenters. The number of nitrogens with zero attached hydrogens (tertiary/aromatic N) is 3. The fourth-order valence-electron chi connectivity index (χ4n) is 2.22. The number of rotatable bonds is 1. The van der Waals surface area contributed by atoms with Gasteiger partial charge in [0.2, 0.25) is 0 Å². The van der Waals surface area contributed by atoms with Crippen LogP contribution in [-0.2, 0) is 0 Å². The van der Waals surface area contributed by atoms with Crippen molar-refractivity contribution in [3.63, 3.8) is 0 Å². The molecule has 1 aliphatic heterocycles. The molecule has 0 bridgehead atoms. The molecule has 2 heterocycles. The zero-order chi connectivity index (χ0) is 14.8. The highest BCUT2D eigenvalue weighted by atomic mass is 16.6. The quantitative estimate of drug-likeness (QED) is 0.853. The second-order valence-electron chi connectivity index (χ2n) is 4.39. The molecule has 6 nitrogen and oxygen atoms in total. The van der Waals surface area contributed by atoms with Crippen LogP contribution >= 0.6 is 0 Å². The van der Waals surface area contributed by atoms with E-state index < -0.39 is 0 Å². The predicted molar refractivity (Wildman–Crippen MR) is 74.5 cm³/mol. The minimum atomic E-state index is 0.0985. The first-order valence-electron chi connectivity index (χ1n) is 6.23. The lowest BCUT2D eigenvalue weighted by atomic mass is 9.96. The number of nitriles is 2. The molecule has 0 aliphatic carbocycles. The van der Waals surface area contributed by atoms with E-state index in [0.717, 1.165) is 0 Å². The summed E-state index contributed by atoms with van der Waals surface area (Å²) in [4.78, 5) is 3.87. The molecule has 0 fully saturated rings. The standard InChI is InChI=1S/C15H10N4O2/c16-6-10-8-19-15(18)11(7-17)14(10)9-1-2-12-13(5-9)21-4-3-20-12/h1-2,5,8H,3-4H2,(H2,18,19). The van der Waals surface area contributed by atoms with E-state index in [1.807, 2.05) is 12.1 Å². The SMILES string of the molecule is N#Cc1cnc(N)c(C#N)c1-c1ccc2c(c1)OCCO2. The van der Waals surface area contributed by atoms with Gasteiger partial charge in [-0.1, -0.05) is 6.07 Å². The van der Waals surface area contributed by atoms with Crippen LogP contribution in [0.5, 0.6) is 11.5 Å². The highest BCUT2D eigenvalue weighted by molar-refractivity contribution is 5.81. The van der Waals surface area contributed by atoms with Gasteiger partial charge in [0.05, 0.1) is 5.56 Å². The van der Waals surface area contributed by atoms with Crippen LogP contribution in [0.3, 0.4) is 0 Å². The molecule has 6 heteroatoms. The Morgan fingerprint density at radius 2 is 1.86 bits per heavy atom. The second-order valence-corrected chi connectivity index (χ2v) is 4.39. The zero-order valence-corrected chi connectivity index (χ0v) is 11.0. The topological polar surface area (TPSA) is 105 Å². The fraction of sp³-hybridized carbons (Fsp3) is 0.133. The smallest absolute Gasteiger partial charge is 0.161 e. The third kappa shape index (κ3) is 2.09. The number of fused-ring (bicyclic) bond motifs is 1. The van der Waals surface area contributed by atoms with Gasteiger partial charge in [-0.2, -0.15) is 10.5 Å². The molecule has 0 atom stereocenters. The molecule has 0 saturated carbocycles. The van der Waals surface area contributed by atoms with Crippen LogP contribution in [0.1, 0.15) is 11.1 Å². The van der Waals surface area contributed by atoms with Gasteiger partial charge in [-0.15, -0.1) is 0 Å². The van der Waals surface area contributed by atoms with Crippen LogP contribution in [0, 0.1) is 22.7 Å². The summed E-state index contributed by atoms with van der Waals surface area (Å²) in [5.41, 5.74) is 7.34. The summed E-state index contributed by atoms with van der Waals surface area (Å²) in [7, 11) is 0. The Morgan fingerprint density at radius 3 is 2.57 bits per heavy atom. The van der Waals surface area contributed by atoms with Crippen molar-refractivity contribution in [1.82, 2.24) is 4.98 Å². The number of aromatic nitrogens is 1. The summed E-state index contributed by atoms with van der Waals surface area (Å²) in [5.74, 6) is 1.33. The summed E-state index contributed by atoms with van der Waals surface area (Å²) in [6, 6.07) is 9.30. The van der Waals surface area contributed by atoms with Gasteiger partial charge in [0.1, 0.15) is 36.7 Å². The molecule has 2 N–H and O–H groups in total. The van der Waals surface area contributed by atoms with Gasteiger partial charge in [0.25, 0.3) is 0 Å². The summed E-state index contributed by atoms with van der Waals surface area (Å²) >= 11 is 0. The number of anilines is 1. The van der Waals surface area contributed by atoms with Crippen LogP contribution in [-0.4, -0.2) is 18.2 Å². The lowest BCUT2D eigenvalue weighted by Crippen LogP contribution is -2.15. The average molecular weight is 278 g/mol. The van der Waals surface area contributed by atoms with Crippen LogP contribution < -0.4 is 15.2 Å². The first-order chi connectivity index (χ1) is 10.2. The van der Waals surface area contributed by atoms with Crippen molar-refractivity contribution in [2.24, 2.45) is 0 Å². The van der Waals surface area contributed by atoms with E-state index >= 15 is 0 Å². The normalized spacial score (nSPS) is 12.3. The van der Waals surface area contributed by atoms with Gasteiger partial charge in [-0.3, -0.25) is 0 Å². The highest BCUT2D eigenvalue weighted by Crippen LogP contribution is 2.37. The summed E-state index contributed by atoms with van der Waals surface area (Å²) < 4.78 is 11.0. The van der Waals surface area contributed by atoms with Crippen molar-refractivity contribution < 1.29 is 9.47 Å². The number of pyridine rings is 1. The van der Waals surface area contributed by atoms with E-state index in [4.69, 9.17) is 15.2 Å². The molecule has 102 valence electrons. The number of benzene rings is 1. The average Bonchev–Trinajstić information content (AvgIpc) is 2.54. The molecule has 3 rings (SSSR count). The third-order valence-electron chi connectivity index (χ3n) is 3.17. The van der Waals surface area contributed by atoms with E-state index in [1.54, 1.807) is 18.2 Å². The van der Waals surface area contributed by atoms with Gasteiger partial charge in [-0.05, 0) is 17.7 Å². The van der Waals surface area contributed by atoms with Gasteiger partial charge in [-0.25, -0.2) is 4.98 Å². The van der Waals surface area contributed by atoms with Gasteiger partial charge >= 0.3 is 0 Å². The molecule has 21 heavy (non-hydrogen) atoms. The monoisotopic (exact) mass is 278 g/mol. The van der Waals surface area contributed by atoms with E-state index in [0.29, 0.717) is 35.8 Å².